The smallest absolute Gasteiger partial charge is 0.327 e. The topological polar surface area (TPSA) is 117 Å². The van der Waals surface area contributed by atoms with Crippen LogP contribution in [-0.2, 0) is 37.2 Å². The summed E-state index contributed by atoms with van der Waals surface area (Å²) < 4.78 is 33.9. The molecule has 3 aromatic heterocycles. The lowest BCUT2D eigenvalue weighted by atomic mass is 10.2. The molecule has 0 unspecified atom stereocenters. The van der Waals surface area contributed by atoms with Gasteiger partial charge in [-0.2, -0.15) is 4.31 Å². The van der Waals surface area contributed by atoms with Gasteiger partial charge in [0.1, 0.15) is 5.82 Å². The number of nitrogens with zero attached hydrogens (tertiary/aromatic N) is 7. The third-order valence-electron chi connectivity index (χ3n) is 6.60. The van der Waals surface area contributed by atoms with Gasteiger partial charge >= 0.3 is 5.69 Å². The number of sulfonamides is 1. The lowest BCUT2D eigenvalue weighted by Crippen LogP contribution is -2.37. The van der Waals surface area contributed by atoms with Crippen molar-refractivity contribution in [2.45, 2.75) is 44.2 Å². The highest BCUT2D eigenvalue weighted by Crippen LogP contribution is 2.25. The monoisotopic (exact) mass is 485 g/mol. The molecule has 11 nitrogen and oxygen atoms in total. The summed E-state index contributed by atoms with van der Waals surface area (Å²) in [4.78, 5) is 34.3. The van der Waals surface area contributed by atoms with E-state index in [1.165, 1.54) is 17.9 Å². The highest BCUT2D eigenvalue weighted by atomic mass is 32.2. The quantitative estimate of drug-likeness (QED) is 0.417. The molecule has 0 amide bonds. The Morgan fingerprint density at radius 3 is 2.47 bits per heavy atom. The minimum absolute atomic E-state index is 0.242. The molecule has 5 rings (SSSR count). The maximum absolute atomic E-state index is 13.1. The fraction of sp³-hybridized carbons (Fsp3) is 0.455. The molecular formula is C22H27N7O4S. The first-order valence-corrected chi connectivity index (χ1v) is 12.8. The van der Waals surface area contributed by atoms with Crippen molar-refractivity contribution in [2.75, 3.05) is 13.1 Å². The molecule has 34 heavy (non-hydrogen) atoms. The van der Waals surface area contributed by atoms with Crippen LogP contribution in [0.4, 0.5) is 0 Å². The average molecular weight is 486 g/mol. The van der Waals surface area contributed by atoms with E-state index < -0.39 is 21.3 Å². The van der Waals surface area contributed by atoms with Crippen molar-refractivity contribution in [3.05, 3.63) is 51.2 Å². The summed E-state index contributed by atoms with van der Waals surface area (Å²) in [5.74, 6) is 0.667. The van der Waals surface area contributed by atoms with E-state index in [9.17, 15) is 18.0 Å². The van der Waals surface area contributed by atoms with Crippen LogP contribution in [-0.4, -0.2) is 54.0 Å². The number of piperidine rings is 1. The van der Waals surface area contributed by atoms with Gasteiger partial charge in [0.05, 0.1) is 28.8 Å². The standard InChI is InChI=1S/C22H27N7O4S/c1-4-29-17-9-8-15(34(32,33)28-10-6-5-7-11-28)12-16(17)24-18(29)13-27-14-23-20-19(27)21(30)26(3)22(31)25(20)2/h8-9,12,14H,4-7,10-11,13H2,1-3H3. The summed E-state index contributed by atoms with van der Waals surface area (Å²) in [6, 6.07) is 5.06. The molecule has 0 aliphatic carbocycles. The highest BCUT2D eigenvalue weighted by Gasteiger charge is 2.27. The molecule has 12 heteroatoms. The molecule has 1 fully saturated rings. The summed E-state index contributed by atoms with van der Waals surface area (Å²) in [5.41, 5.74) is 1.16. The Hall–Kier alpha value is -3.25. The van der Waals surface area contributed by atoms with Crippen LogP contribution < -0.4 is 11.2 Å². The van der Waals surface area contributed by atoms with Gasteiger partial charge in [0.15, 0.2) is 11.2 Å². The number of rotatable bonds is 5. The Balaban J connectivity index is 1.59. The van der Waals surface area contributed by atoms with Crippen molar-refractivity contribution in [1.29, 1.82) is 0 Å². The summed E-state index contributed by atoms with van der Waals surface area (Å²) in [5, 5.41) is 0. The molecule has 0 N–H and O–H groups in total. The molecule has 0 saturated carbocycles. The molecule has 1 saturated heterocycles. The minimum Gasteiger partial charge on any atom is -0.327 e. The third-order valence-corrected chi connectivity index (χ3v) is 8.49. The van der Waals surface area contributed by atoms with E-state index in [-0.39, 0.29) is 11.4 Å². The Morgan fingerprint density at radius 2 is 1.76 bits per heavy atom. The van der Waals surface area contributed by atoms with Crippen LogP contribution in [0.2, 0.25) is 0 Å². The van der Waals surface area contributed by atoms with Crippen LogP contribution in [0.3, 0.4) is 0 Å². The van der Waals surface area contributed by atoms with Gasteiger partial charge in [0, 0.05) is 33.7 Å². The second-order valence-electron chi connectivity index (χ2n) is 8.64. The first kappa shape index (κ1) is 22.5. The molecule has 1 aromatic carbocycles. The third kappa shape index (κ3) is 3.40. The molecule has 0 spiro atoms. The van der Waals surface area contributed by atoms with E-state index in [0.29, 0.717) is 42.1 Å². The summed E-state index contributed by atoms with van der Waals surface area (Å²) >= 11 is 0. The molecule has 1 aliphatic rings. The summed E-state index contributed by atoms with van der Waals surface area (Å²) in [6.45, 7) is 3.94. The number of hydrogen-bond acceptors (Lipinski definition) is 6. The van der Waals surface area contributed by atoms with Gasteiger partial charge < -0.3 is 9.13 Å². The Morgan fingerprint density at radius 1 is 1.03 bits per heavy atom. The number of benzene rings is 1. The Bertz CT molecular complexity index is 1640. The summed E-state index contributed by atoms with van der Waals surface area (Å²) in [7, 11) is -0.555. The van der Waals surface area contributed by atoms with E-state index in [1.807, 2.05) is 11.5 Å². The fourth-order valence-electron chi connectivity index (χ4n) is 4.72. The van der Waals surface area contributed by atoms with Crippen molar-refractivity contribution < 1.29 is 8.42 Å². The van der Waals surface area contributed by atoms with E-state index in [0.717, 1.165) is 29.3 Å². The number of aryl methyl sites for hydroxylation is 2. The van der Waals surface area contributed by atoms with Gasteiger partial charge in [0.25, 0.3) is 5.56 Å². The second kappa shape index (κ2) is 8.20. The normalized spacial score (nSPS) is 15.5. The maximum Gasteiger partial charge on any atom is 0.332 e. The van der Waals surface area contributed by atoms with Gasteiger partial charge in [-0.15, -0.1) is 0 Å². The van der Waals surface area contributed by atoms with Crippen LogP contribution in [0, 0.1) is 0 Å². The molecule has 0 radical (unpaired) electrons. The molecular weight excluding hydrogens is 458 g/mol. The van der Waals surface area contributed by atoms with Crippen LogP contribution in [0.5, 0.6) is 0 Å². The van der Waals surface area contributed by atoms with E-state index in [2.05, 4.69) is 4.98 Å². The molecule has 0 atom stereocenters. The first-order chi connectivity index (χ1) is 16.2. The van der Waals surface area contributed by atoms with Crippen LogP contribution in [0.15, 0.2) is 39.0 Å². The van der Waals surface area contributed by atoms with Gasteiger partial charge in [-0.25, -0.2) is 23.2 Å². The van der Waals surface area contributed by atoms with Gasteiger partial charge in [0.2, 0.25) is 10.0 Å². The number of hydrogen-bond donors (Lipinski definition) is 0. The van der Waals surface area contributed by atoms with Crippen molar-refractivity contribution in [3.63, 3.8) is 0 Å². The second-order valence-corrected chi connectivity index (χ2v) is 10.6. The molecule has 4 aromatic rings. The van der Waals surface area contributed by atoms with E-state index >= 15 is 0 Å². The van der Waals surface area contributed by atoms with Gasteiger partial charge in [-0.3, -0.25) is 13.9 Å². The Kier molecular flexibility index (Phi) is 5.44. The maximum atomic E-state index is 13.1. The van der Waals surface area contributed by atoms with Crippen molar-refractivity contribution in [1.82, 2.24) is 32.5 Å². The van der Waals surface area contributed by atoms with Crippen LogP contribution >= 0.6 is 0 Å². The van der Waals surface area contributed by atoms with Crippen LogP contribution in [0.1, 0.15) is 32.0 Å². The SMILES string of the molecule is CCn1c(Cn2cnc3c2c(=O)n(C)c(=O)n3C)nc2cc(S(=O)(=O)N3CCCCC3)ccc21. The average Bonchev–Trinajstić information content (AvgIpc) is 3.42. The molecule has 180 valence electrons. The lowest BCUT2D eigenvalue weighted by Gasteiger charge is -2.25. The zero-order chi connectivity index (χ0) is 24.2. The zero-order valence-corrected chi connectivity index (χ0v) is 20.2. The van der Waals surface area contributed by atoms with Crippen molar-refractivity contribution >= 4 is 32.2 Å². The number of imidazole rings is 2. The number of aromatic nitrogens is 6. The van der Waals surface area contributed by atoms with E-state index in [4.69, 9.17) is 4.98 Å². The van der Waals surface area contributed by atoms with Crippen molar-refractivity contribution in [3.8, 4) is 0 Å². The number of fused-ring (bicyclic) bond motifs is 2. The predicted molar refractivity (Wildman–Crippen MR) is 127 cm³/mol. The van der Waals surface area contributed by atoms with Gasteiger partial charge in [-0.1, -0.05) is 6.42 Å². The predicted octanol–water partition coefficient (Wildman–Crippen LogP) is 1.03. The molecule has 0 bridgehead atoms. The highest BCUT2D eigenvalue weighted by molar-refractivity contribution is 7.89. The minimum atomic E-state index is -3.57. The first-order valence-electron chi connectivity index (χ1n) is 11.3. The Labute approximate surface area is 195 Å². The van der Waals surface area contributed by atoms with E-state index in [1.54, 1.807) is 34.1 Å². The molecule has 1 aliphatic heterocycles. The van der Waals surface area contributed by atoms with Crippen LogP contribution in [0.25, 0.3) is 22.2 Å². The van der Waals surface area contributed by atoms with Crippen molar-refractivity contribution in [2.24, 2.45) is 14.1 Å². The fourth-order valence-corrected chi connectivity index (χ4v) is 6.25. The lowest BCUT2D eigenvalue weighted by molar-refractivity contribution is 0.346. The van der Waals surface area contributed by atoms with Gasteiger partial charge in [-0.05, 0) is 38.0 Å². The zero-order valence-electron chi connectivity index (χ0n) is 19.4. The summed E-state index contributed by atoms with van der Waals surface area (Å²) in [6.07, 6.45) is 4.33. The largest absolute Gasteiger partial charge is 0.332 e. The molecule has 4 heterocycles.